The number of benzene rings is 1. The summed E-state index contributed by atoms with van der Waals surface area (Å²) >= 11 is 0. The van der Waals surface area contributed by atoms with E-state index in [-0.39, 0.29) is 11.9 Å². The van der Waals surface area contributed by atoms with Crippen molar-refractivity contribution >= 4 is 0 Å². The number of H-pyrrole nitrogens is 1. The molecule has 0 atom stereocenters. The molecule has 1 fully saturated rings. The van der Waals surface area contributed by atoms with E-state index in [1.54, 1.807) is 12.1 Å². The standard InChI is InChI=1S/C15H18FN3O/c16-13-2-1-3-15(8-13)20-14-4-6-19(7-5-14)11-12-9-17-18-10-12/h1-3,8-10,14H,4-7,11H2,(H,17,18). The highest BCUT2D eigenvalue weighted by Crippen LogP contribution is 2.20. The molecule has 2 heterocycles. The fourth-order valence-electron chi connectivity index (χ4n) is 2.54. The van der Waals surface area contributed by atoms with Crippen molar-refractivity contribution in [1.29, 1.82) is 0 Å². The first-order valence-corrected chi connectivity index (χ1v) is 6.92. The minimum Gasteiger partial charge on any atom is -0.490 e. The minimum atomic E-state index is -0.250. The maximum atomic E-state index is 13.1. The summed E-state index contributed by atoms with van der Waals surface area (Å²) in [6.45, 7) is 2.90. The van der Waals surface area contributed by atoms with Crippen LogP contribution in [0, 0.1) is 5.82 Å². The van der Waals surface area contributed by atoms with Gasteiger partial charge in [0.1, 0.15) is 17.7 Å². The molecular formula is C15H18FN3O. The molecule has 20 heavy (non-hydrogen) atoms. The van der Waals surface area contributed by atoms with Gasteiger partial charge in [-0.05, 0) is 25.0 Å². The van der Waals surface area contributed by atoms with Crippen LogP contribution in [-0.4, -0.2) is 34.3 Å². The van der Waals surface area contributed by atoms with Crippen molar-refractivity contribution in [2.45, 2.75) is 25.5 Å². The largest absolute Gasteiger partial charge is 0.490 e. The molecule has 2 aromatic rings. The molecule has 0 radical (unpaired) electrons. The van der Waals surface area contributed by atoms with Crippen molar-refractivity contribution in [3.8, 4) is 5.75 Å². The van der Waals surface area contributed by atoms with Crippen LogP contribution in [0.1, 0.15) is 18.4 Å². The van der Waals surface area contributed by atoms with E-state index in [9.17, 15) is 4.39 Å². The summed E-state index contributed by atoms with van der Waals surface area (Å²) in [4.78, 5) is 2.39. The molecule has 0 bridgehead atoms. The number of rotatable bonds is 4. The van der Waals surface area contributed by atoms with Gasteiger partial charge >= 0.3 is 0 Å². The number of piperidine rings is 1. The van der Waals surface area contributed by atoms with Gasteiger partial charge in [0.15, 0.2) is 0 Å². The quantitative estimate of drug-likeness (QED) is 0.932. The highest BCUT2D eigenvalue weighted by atomic mass is 19.1. The van der Waals surface area contributed by atoms with Crippen LogP contribution in [0.25, 0.3) is 0 Å². The fourth-order valence-corrected chi connectivity index (χ4v) is 2.54. The SMILES string of the molecule is Fc1cccc(OC2CCN(Cc3cn[nH]c3)CC2)c1. The summed E-state index contributed by atoms with van der Waals surface area (Å²) in [5.41, 5.74) is 1.20. The van der Waals surface area contributed by atoms with E-state index < -0.39 is 0 Å². The zero-order valence-corrected chi connectivity index (χ0v) is 11.3. The van der Waals surface area contributed by atoms with Crippen molar-refractivity contribution < 1.29 is 9.13 Å². The third-order valence-electron chi connectivity index (χ3n) is 3.59. The summed E-state index contributed by atoms with van der Waals surface area (Å²) in [5.74, 6) is 0.373. The molecule has 3 rings (SSSR count). The summed E-state index contributed by atoms with van der Waals surface area (Å²) < 4.78 is 18.9. The Balaban J connectivity index is 1.48. The van der Waals surface area contributed by atoms with Crippen molar-refractivity contribution in [2.24, 2.45) is 0 Å². The molecule has 5 heteroatoms. The van der Waals surface area contributed by atoms with Gasteiger partial charge in [-0.2, -0.15) is 5.10 Å². The number of ether oxygens (including phenoxy) is 1. The normalized spacial score (nSPS) is 17.2. The molecule has 0 saturated carbocycles. The first-order valence-electron chi connectivity index (χ1n) is 6.92. The Kier molecular flexibility index (Phi) is 3.97. The molecule has 1 aromatic carbocycles. The lowest BCUT2D eigenvalue weighted by molar-refractivity contribution is 0.0965. The molecule has 106 valence electrons. The van der Waals surface area contributed by atoms with Crippen LogP contribution in [0.15, 0.2) is 36.7 Å². The second-order valence-electron chi connectivity index (χ2n) is 5.16. The van der Waals surface area contributed by atoms with Crippen molar-refractivity contribution in [2.75, 3.05) is 13.1 Å². The number of likely N-dealkylation sites (tertiary alicyclic amines) is 1. The molecule has 1 saturated heterocycles. The van der Waals surface area contributed by atoms with Crippen molar-refractivity contribution in [3.05, 3.63) is 48.0 Å². The molecule has 1 aliphatic rings. The number of nitrogens with zero attached hydrogens (tertiary/aromatic N) is 2. The minimum absolute atomic E-state index is 0.178. The van der Waals surface area contributed by atoms with Crippen LogP contribution in [0.2, 0.25) is 0 Å². The third-order valence-corrected chi connectivity index (χ3v) is 3.59. The monoisotopic (exact) mass is 275 g/mol. The zero-order chi connectivity index (χ0) is 13.8. The molecular weight excluding hydrogens is 257 g/mol. The Morgan fingerprint density at radius 1 is 1.35 bits per heavy atom. The number of halogens is 1. The second-order valence-corrected chi connectivity index (χ2v) is 5.16. The summed E-state index contributed by atoms with van der Waals surface area (Å²) in [6.07, 6.45) is 5.89. The molecule has 0 amide bonds. The molecule has 0 aliphatic carbocycles. The number of hydrogen-bond acceptors (Lipinski definition) is 3. The van der Waals surface area contributed by atoms with E-state index in [0.29, 0.717) is 5.75 Å². The summed E-state index contributed by atoms with van der Waals surface area (Å²) in [5, 5.41) is 6.78. The lowest BCUT2D eigenvalue weighted by Crippen LogP contribution is -2.37. The van der Waals surface area contributed by atoms with Crippen molar-refractivity contribution in [1.82, 2.24) is 15.1 Å². The lowest BCUT2D eigenvalue weighted by Gasteiger charge is -2.31. The van der Waals surface area contributed by atoms with Gasteiger partial charge in [0.2, 0.25) is 0 Å². The Labute approximate surface area is 117 Å². The highest BCUT2D eigenvalue weighted by molar-refractivity contribution is 5.22. The van der Waals surface area contributed by atoms with Crippen molar-refractivity contribution in [3.63, 3.8) is 0 Å². The van der Waals surface area contributed by atoms with Crippen LogP contribution in [0.5, 0.6) is 5.75 Å². The van der Waals surface area contributed by atoms with Crippen LogP contribution >= 0.6 is 0 Å². The van der Waals surface area contributed by atoms with Crippen LogP contribution < -0.4 is 4.74 Å². The van der Waals surface area contributed by atoms with Gasteiger partial charge in [-0.15, -0.1) is 0 Å². The van der Waals surface area contributed by atoms with Gasteiger partial charge in [0, 0.05) is 37.5 Å². The second kappa shape index (κ2) is 6.05. The van der Waals surface area contributed by atoms with E-state index in [0.717, 1.165) is 32.5 Å². The number of nitrogens with one attached hydrogen (secondary N) is 1. The summed E-state index contributed by atoms with van der Waals surface area (Å²) in [7, 11) is 0. The number of aromatic nitrogens is 2. The molecule has 1 aromatic heterocycles. The average Bonchev–Trinajstić information content (AvgIpc) is 2.94. The first-order chi connectivity index (χ1) is 9.79. The molecule has 1 N–H and O–H groups in total. The zero-order valence-electron chi connectivity index (χ0n) is 11.3. The number of aromatic amines is 1. The maximum Gasteiger partial charge on any atom is 0.126 e. The van der Waals surface area contributed by atoms with E-state index in [1.807, 2.05) is 12.4 Å². The van der Waals surface area contributed by atoms with Gasteiger partial charge in [-0.25, -0.2) is 4.39 Å². The van der Waals surface area contributed by atoms with Gasteiger partial charge < -0.3 is 4.74 Å². The lowest BCUT2D eigenvalue weighted by atomic mass is 10.1. The van der Waals surface area contributed by atoms with Gasteiger partial charge in [0.25, 0.3) is 0 Å². The maximum absolute atomic E-state index is 13.1. The predicted molar refractivity (Wildman–Crippen MR) is 73.9 cm³/mol. The Bertz CT molecular complexity index is 536. The van der Waals surface area contributed by atoms with Gasteiger partial charge in [0.05, 0.1) is 6.20 Å². The van der Waals surface area contributed by atoms with Crippen LogP contribution in [0.3, 0.4) is 0 Å². The van der Waals surface area contributed by atoms with Gasteiger partial charge in [-0.1, -0.05) is 6.07 Å². The Hall–Kier alpha value is -1.88. The van der Waals surface area contributed by atoms with E-state index >= 15 is 0 Å². The topological polar surface area (TPSA) is 41.1 Å². The van der Waals surface area contributed by atoms with Crippen LogP contribution in [-0.2, 0) is 6.54 Å². The predicted octanol–water partition coefficient (Wildman–Crippen LogP) is 2.59. The third kappa shape index (κ3) is 3.36. The first kappa shape index (κ1) is 13.1. The van der Waals surface area contributed by atoms with Gasteiger partial charge in [-0.3, -0.25) is 10.00 Å². The molecule has 4 nitrogen and oxygen atoms in total. The Morgan fingerprint density at radius 2 is 2.20 bits per heavy atom. The Morgan fingerprint density at radius 3 is 2.90 bits per heavy atom. The molecule has 0 spiro atoms. The van der Waals surface area contributed by atoms with E-state index in [1.165, 1.54) is 17.7 Å². The van der Waals surface area contributed by atoms with E-state index in [4.69, 9.17) is 4.74 Å². The molecule has 1 aliphatic heterocycles. The van der Waals surface area contributed by atoms with Crippen LogP contribution in [0.4, 0.5) is 4.39 Å². The number of hydrogen-bond donors (Lipinski definition) is 1. The smallest absolute Gasteiger partial charge is 0.126 e. The summed E-state index contributed by atoms with van der Waals surface area (Å²) in [6, 6.07) is 6.36. The fraction of sp³-hybridized carbons (Fsp3) is 0.400. The van der Waals surface area contributed by atoms with E-state index in [2.05, 4.69) is 15.1 Å². The average molecular weight is 275 g/mol. The highest BCUT2D eigenvalue weighted by Gasteiger charge is 2.20. The molecule has 0 unspecified atom stereocenters.